The molecule has 0 aliphatic heterocycles. The van der Waals surface area contributed by atoms with Crippen molar-refractivity contribution in [2.24, 2.45) is 5.92 Å². The zero-order valence-corrected chi connectivity index (χ0v) is 23.1. The molecule has 0 aromatic heterocycles. The van der Waals surface area contributed by atoms with Gasteiger partial charge in [0.25, 0.3) is 0 Å². The molecule has 0 bridgehead atoms. The molecule has 0 aliphatic rings. The number of hydrogen-bond donors (Lipinski definition) is 4. The molecular weight excluding hydrogens is 501 g/mol. The number of aliphatic hydroxyl groups is 1. The lowest BCUT2D eigenvalue weighted by Crippen LogP contribution is -2.51. The fraction of sp³-hybridized carbons (Fsp3) is 0.640. The molecule has 12 heteroatoms. The molecule has 0 heterocycles. The molecule has 210 valence electrons. The minimum absolute atomic E-state index is 0.000746. The minimum atomic E-state index is -3.48. The molecule has 37 heavy (non-hydrogen) atoms. The number of aliphatic hydroxyl groups excluding tert-OH is 1. The van der Waals surface area contributed by atoms with Crippen LogP contribution in [-0.4, -0.2) is 67.6 Å². The average molecular weight is 544 g/mol. The van der Waals surface area contributed by atoms with E-state index >= 15 is 0 Å². The van der Waals surface area contributed by atoms with Crippen molar-refractivity contribution < 1.29 is 37.8 Å². The van der Waals surface area contributed by atoms with Gasteiger partial charge in [-0.15, -0.1) is 0 Å². The fourth-order valence-electron chi connectivity index (χ4n) is 3.34. The van der Waals surface area contributed by atoms with E-state index in [2.05, 4.69) is 16.0 Å². The zero-order valence-electron chi connectivity index (χ0n) is 22.2. The first kappa shape index (κ1) is 32.6. The Balaban J connectivity index is 2.60. The van der Waals surface area contributed by atoms with Crippen LogP contribution in [0.15, 0.2) is 30.3 Å². The Labute approximate surface area is 219 Å². The van der Waals surface area contributed by atoms with Crippen molar-refractivity contribution in [1.29, 1.82) is 0 Å². The van der Waals surface area contributed by atoms with E-state index in [1.165, 1.54) is 0 Å². The third-order valence-corrected chi connectivity index (χ3v) is 7.36. The van der Waals surface area contributed by atoms with E-state index in [1.54, 1.807) is 13.8 Å². The normalized spacial score (nSPS) is 13.0. The molecule has 1 unspecified atom stereocenters. The molecule has 11 nitrogen and oxygen atoms in total. The van der Waals surface area contributed by atoms with Crippen LogP contribution in [0.4, 0.5) is 4.79 Å². The molecule has 1 aromatic rings. The molecule has 0 radical (unpaired) electrons. The molecule has 0 aliphatic carbocycles. The Morgan fingerprint density at radius 2 is 1.65 bits per heavy atom. The Kier molecular flexibility index (Phi) is 15.8. The smallest absolute Gasteiger partial charge is 0.408 e. The van der Waals surface area contributed by atoms with Gasteiger partial charge in [-0.25, -0.2) is 4.79 Å². The van der Waals surface area contributed by atoms with Gasteiger partial charge in [0.05, 0.1) is 25.9 Å². The van der Waals surface area contributed by atoms with Crippen LogP contribution >= 0.6 is 7.60 Å². The first-order chi connectivity index (χ1) is 17.6. The average Bonchev–Trinajstić information content (AvgIpc) is 2.85. The van der Waals surface area contributed by atoms with Gasteiger partial charge in [0, 0.05) is 6.54 Å². The molecule has 0 fully saturated rings. The fourth-order valence-corrected chi connectivity index (χ4v) is 4.84. The number of hydrogen-bond acceptors (Lipinski definition) is 8. The number of rotatable bonds is 18. The van der Waals surface area contributed by atoms with Crippen molar-refractivity contribution in [2.75, 3.05) is 32.5 Å². The van der Waals surface area contributed by atoms with Crippen LogP contribution in [0.5, 0.6) is 0 Å². The molecule has 1 rings (SSSR count). The summed E-state index contributed by atoms with van der Waals surface area (Å²) in [5, 5.41) is 17.6. The minimum Gasteiger partial charge on any atom is -0.445 e. The number of unbranched alkanes of at least 4 members (excludes halogenated alkanes) is 1. The van der Waals surface area contributed by atoms with E-state index in [1.807, 2.05) is 44.2 Å². The SMILES string of the molecule is CCOP(=O)(CC(=O)NCCCCC(NC(=O)OCc1ccccc1)C(=O)N[C@H](CO)C(C)C)OCC. The van der Waals surface area contributed by atoms with Gasteiger partial charge >= 0.3 is 13.7 Å². The van der Waals surface area contributed by atoms with Crippen molar-refractivity contribution >= 4 is 25.5 Å². The molecule has 0 spiro atoms. The lowest BCUT2D eigenvalue weighted by molar-refractivity contribution is -0.124. The summed E-state index contributed by atoms with van der Waals surface area (Å²) >= 11 is 0. The van der Waals surface area contributed by atoms with Crippen LogP contribution in [0.25, 0.3) is 0 Å². The highest BCUT2D eigenvalue weighted by Crippen LogP contribution is 2.47. The van der Waals surface area contributed by atoms with E-state index in [4.69, 9.17) is 13.8 Å². The van der Waals surface area contributed by atoms with Gasteiger partial charge in [0.15, 0.2) is 0 Å². The third kappa shape index (κ3) is 13.6. The highest BCUT2D eigenvalue weighted by atomic mass is 31.2. The van der Waals surface area contributed by atoms with Crippen molar-refractivity contribution in [3.05, 3.63) is 35.9 Å². The summed E-state index contributed by atoms with van der Waals surface area (Å²) < 4.78 is 28.0. The van der Waals surface area contributed by atoms with Gasteiger partial charge in [0.2, 0.25) is 11.8 Å². The van der Waals surface area contributed by atoms with Gasteiger partial charge in [0.1, 0.15) is 18.8 Å². The zero-order chi connectivity index (χ0) is 27.7. The second-order valence-electron chi connectivity index (χ2n) is 8.75. The van der Waals surface area contributed by atoms with E-state index in [9.17, 15) is 24.1 Å². The topological polar surface area (TPSA) is 152 Å². The van der Waals surface area contributed by atoms with Crippen molar-refractivity contribution in [1.82, 2.24) is 16.0 Å². The maximum atomic E-state index is 12.9. The largest absolute Gasteiger partial charge is 0.445 e. The molecule has 1 aromatic carbocycles. The van der Waals surface area contributed by atoms with E-state index < -0.39 is 37.6 Å². The Bertz CT molecular complexity index is 859. The van der Waals surface area contributed by atoms with Gasteiger partial charge in [-0.3, -0.25) is 14.2 Å². The highest BCUT2D eigenvalue weighted by Gasteiger charge is 2.28. The number of amides is 3. The monoisotopic (exact) mass is 543 g/mol. The van der Waals surface area contributed by atoms with Crippen molar-refractivity contribution in [2.45, 2.75) is 65.6 Å². The Morgan fingerprint density at radius 3 is 2.22 bits per heavy atom. The van der Waals surface area contributed by atoms with E-state index in [0.29, 0.717) is 12.8 Å². The van der Waals surface area contributed by atoms with Gasteiger partial charge in [-0.2, -0.15) is 0 Å². The molecule has 0 saturated carbocycles. The maximum absolute atomic E-state index is 12.9. The molecular formula is C25H42N3O8P. The standard InChI is InChI=1S/C25H42N3O8P/c1-5-35-37(33,36-6-2)18-23(30)26-15-11-10-14-21(24(31)27-22(16-29)19(3)4)28-25(32)34-17-20-12-8-7-9-13-20/h7-9,12-13,19,21-22,29H,5-6,10-11,14-18H2,1-4H3,(H,26,30)(H,27,31)(H,28,32)/t21?,22-/m1/s1. The maximum Gasteiger partial charge on any atom is 0.408 e. The van der Waals surface area contributed by atoms with Crippen LogP contribution in [0.1, 0.15) is 52.5 Å². The van der Waals surface area contributed by atoms with Crippen molar-refractivity contribution in [3.63, 3.8) is 0 Å². The Morgan fingerprint density at radius 1 is 1.00 bits per heavy atom. The summed E-state index contributed by atoms with van der Waals surface area (Å²) in [4.78, 5) is 37.4. The van der Waals surface area contributed by atoms with Crippen LogP contribution < -0.4 is 16.0 Å². The first-order valence-electron chi connectivity index (χ1n) is 12.7. The third-order valence-electron chi connectivity index (χ3n) is 5.38. The summed E-state index contributed by atoms with van der Waals surface area (Å²) in [7, 11) is -3.48. The number of carbonyl (C=O) groups is 3. The lowest BCUT2D eigenvalue weighted by Gasteiger charge is -2.24. The molecule has 4 N–H and O–H groups in total. The number of alkyl carbamates (subject to hydrolysis) is 1. The second-order valence-corrected chi connectivity index (χ2v) is 10.8. The summed E-state index contributed by atoms with van der Waals surface area (Å²) in [5.74, 6) is -0.883. The summed E-state index contributed by atoms with van der Waals surface area (Å²) in [5.41, 5.74) is 0.813. The van der Waals surface area contributed by atoms with Gasteiger partial charge in [-0.05, 0) is 44.6 Å². The van der Waals surface area contributed by atoms with Crippen molar-refractivity contribution in [3.8, 4) is 0 Å². The van der Waals surface area contributed by atoms with Gasteiger partial charge < -0.3 is 34.8 Å². The lowest BCUT2D eigenvalue weighted by atomic mass is 10.0. The first-order valence-corrected chi connectivity index (χ1v) is 14.4. The van der Waals surface area contributed by atoms with Crippen LogP contribution in [0.2, 0.25) is 0 Å². The highest BCUT2D eigenvalue weighted by molar-refractivity contribution is 7.54. The van der Waals surface area contributed by atoms with Crippen LogP contribution in [0.3, 0.4) is 0 Å². The number of benzene rings is 1. The summed E-state index contributed by atoms with van der Waals surface area (Å²) in [6, 6.07) is 7.82. The second kappa shape index (κ2) is 17.9. The summed E-state index contributed by atoms with van der Waals surface area (Å²) in [6.07, 6.45) is 0.195. The van der Waals surface area contributed by atoms with E-state index in [-0.39, 0.29) is 51.5 Å². The van der Waals surface area contributed by atoms with Gasteiger partial charge in [-0.1, -0.05) is 44.2 Å². The summed E-state index contributed by atoms with van der Waals surface area (Å²) in [6.45, 7) is 7.55. The molecule has 0 saturated heterocycles. The predicted molar refractivity (Wildman–Crippen MR) is 140 cm³/mol. The Hall–Kier alpha value is -2.46. The van der Waals surface area contributed by atoms with Crippen LogP contribution in [0, 0.1) is 5.92 Å². The van der Waals surface area contributed by atoms with Crippen LogP contribution in [-0.2, 0) is 34.5 Å². The predicted octanol–water partition coefficient (Wildman–Crippen LogP) is 2.97. The molecule has 3 amide bonds. The molecule has 2 atom stereocenters. The number of nitrogens with one attached hydrogen (secondary N) is 3. The number of ether oxygens (including phenoxy) is 1. The quantitative estimate of drug-likeness (QED) is 0.163. The number of carbonyl (C=O) groups excluding carboxylic acids is 3. The van der Waals surface area contributed by atoms with E-state index in [0.717, 1.165) is 5.56 Å².